The Morgan fingerprint density at radius 2 is 1.83 bits per heavy atom. The molecule has 0 radical (unpaired) electrons. The summed E-state index contributed by atoms with van der Waals surface area (Å²) < 4.78 is 13.9. The molecule has 0 aromatic heterocycles. The largest absolute Gasteiger partial charge is 0.298 e. The molecule has 1 aliphatic rings. The van der Waals surface area contributed by atoms with Gasteiger partial charge in [-0.25, -0.2) is 4.39 Å². The van der Waals surface area contributed by atoms with Gasteiger partial charge in [-0.15, -0.1) is 0 Å². The van der Waals surface area contributed by atoms with Crippen molar-refractivity contribution < 1.29 is 4.39 Å². The van der Waals surface area contributed by atoms with Gasteiger partial charge < -0.3 is 0 Å². The third kappa shape index (κ3) is 3.09. The van der Waals surface area contributed by atoms with Gasteiger partial charge in [-0.1, -0.05) is 18.2 Å². The number of nitrogens with zero attached hydrogens (tertiary/aromatic N) is 2. The van der Waals surface area contributed by atoms with Crippen molar-refractivity contribution in [1.29, 1.82) is 0 Å². The summed E-state index contributed by atoms with van der Waals surface area (Å²) in [5, 5.41) is 0. The SMILES string of the molecule is Cc1cccc(CN2CCN(C(C)C)CC2)c1F. The standard InChI is InChI=1S/C15H23FN2/c1-12(2)18-9-7-17(8-10-18)11-14-6-4-5-13(3)15(14)16/h4-6,12H,7-11H2,1-3H3. The van der Waals surface area contributed by atoms with Crippen LogP contribution in [0.1, 0.15) is 25.0 Å². The number of benzene rings is 1. The predicted octanol–water partition coefficient (Wildman–Crippen LogP) is 2.66. The zero-order chi connectivity index (χ0) is 13.1. The molecular formula is C15H23FN2. The van der Waals surface area contributed by atoms with Crippen LogP contribution < -0.4 is 0 Å². The Kier molecular flexibility index (Phi) is 4.36. The number of halogens is 1. The quantitative estimate of drug-likeness (QED) is 0.814. The molecular weight excluding hydrogens is 227 g/mol. The highest BCUT2D eigenvalue weighted by Gasteiger charge is 2.19. The summed E-state index contributed by atoms with van der Waals surface area (Å²) in [6.45, 7) is 11.3. The van der Waals surface area contributed by atoms with Gasteiger partial charge in [-0.2, -0.15) is 0 Å². The summed E-state index contributed by atoms with van der Waals surface area (Å²) in [7, 11) is 0. The summed E-state index contributed by atoms with van der Waals surface area (Å²) in [5.74, 6) is -0.0382. The van der Waals surface area contributed by atoms with Gasteiger partial charge in [0.05, 0.1) is 0 Å². The second-order valence-electron chi connectivity index (χ2n) is 5.45. The van der Waals surface area contributed by atoms with Gasteiger partial charge in [0.25, 0.3) is 0 Å². The number of hydrogen-bond acceptors (Lipinski definition) is 2. The topological polar surface area (TPSA) is 6.48 Å². The van der Waals surface area contributed by atoms with Crippen molar-refractivity contribution in [3.63, 3.8) is 0 Å². The van der Waals surface area contributed by atoms with E-state index in [4.69, 9.17) is 0 Å². The van der Waals surface area contributed by atoms with Crippen LogP contribution in [0.2, 0.25) is 0 Å². The van der Waals surface area contributed by atoms with Crippen LogP contribution in [0.4, 0.5) is 4.39 Å². The lowest BCUT2D eigenvalue weighted by atomic mass is 10.1. The Labute approximate surface area is 109 Å². The van der Waals surface area contributed by atoms with Crippen molar-refractivity contribution in [2.45, 2.75) is 33.4 Å². The highest BCUT2D eigenvalue weighted by atomic mass is 19.1. The normalized spacial score (nSPS) is 18.5. The van der Waals surface area contributed by atoms with Gasteiger partial charge in [-0.05, 0) is 26.3 Å². The Hall–Kier alpha value is -0.930. The molecule has 2 rings (SSSR count). The molecule has 3 heteroatoms. The molecule has 1 heterocycles. The summed E-state index contributed by atoms with van der Waals surface area (Å²) in [5.41, 5.74) is 1.57. The van der Waals surface area contributed by atoms with Gasteiger partial charge in [0.15, 0.2) is 0 Å². The minimum Gasteiger partial charge on any atom is -0.298 e. The lowest BCUT2D eigenvalue weighted by molar-refractivity contribution is 0.103. The fourth-order valence-electron chi connectivity index (χ4n) is 2.51. The van der Waals surface area contributed by atoms with Crippen molar-refractivity contribution in [3.8, 4) is 0 Å². The minimum absolute atomic E-state index is 0.0382. The smallest absolute Gasteiger partial charge is 0.130 e. The molecule has 0 aliphatic carbocycles. The van der Waals surface area contributed by atoms with E-state index in [-0.39, 0.29) is 5.82 Å². The van der Waals surface area contributed by atoms with Crippen LogP contribution >= 0.6 is 0 Å². The van der Waals surface area contributed by atoms with Crippen LogP contribution in [0.3, 0.4) is 0 Å². The summed E-state index contributed by atoms with van der Waals surface area (Å²) in [4.78, 5) is 4.82. The van der Waals surface area contributed by atoms with Crippen molar-refractivity contribution in [2.24, 2.45) is 0 Å². The van der Waals surface area contributed by atoms with Crippen LogP contribution in [0.15, 0.2) is 18.2 Å². The molecule has 0 atom stereocenters. The zero-order valence-electron chi connectivity index (χ0n) is 11.6. The third-order valence-corrected chi connectivity index (χ3v) is 3.80. The molecule has 0 unspecified atom stereocenters. The molecule has 0 N–H and O–H groups in total. The van der Waals surface area contributed by atoms with Gasteiger partial charge in [0, 0.05) is 44.3 Å². The van der Waals surface area contributed by atoms with Crippen LogP contribution in [0, 0.1) is 12.7 Å². The predicted molar refractivity (Wildman–Crippen MR) is 73.1 cm³/mol. The van der Waals surface area contributed by atoms with Crippen molar-refractivity contribution >= 4 is 0 Å². The molecule has 1 aromatic carbocycles. The first-order valence-electron chi connectivity index (χ1n) is 6.78. The number of aryl methyl sites for hydroxylation is 1. The fourth-order valence-corrected chi connectivity index (χ4v) is 2.51. The van der Waals surface area contributed by atoms with E-state index in [0.717, 1.165) is 43.9 Å². The van der Waals surface area contributed by atoms with E-state index in [1.807, 2.05) is 25.1 Å². The molecule has 1 fully saturated rings. The maximum atomic E-state index is 13.9. The van der Waals surface area contributed by atoms with Crippen molar-refractivity contribution in [2.75, 3.05) is 26.2 Å². The maximum absolute atomic E-state index is 13.9. The van der Waals surface area contributed by atoms with Crippen LogP contribution in [-0.2, 0) is 6.54 Å². The number of rotatable bonds is 3. The molecule has 0 amide bonds. The molecule has 18 heavy (non-hydrogen) atoms. The summed E-state index contributed by atoms with van der Waals surface area (Å²) >= 11 is 0. The first kappa shape index (κ1) is 13.5. The highest BCUT2D eigenvalue weighted by Crippen LogP contribution is 2.15. The third-order valence-electron chi connectivity index (χ3n) is 3.80. The van der Waals surface area contributed by atoms with E-state index in [0.29, 0.717) is 6.04 Å². The zero-order valence-corrected chi connectivity index (χ0v) is 11.6. The molecule has 0 spiro atoms. The first-order valence-corrected chi connectivity index (χ1v) is 6.78. The van der Waals surface area contributed by atoms with E-state index in [9.17, 15) is 4.39 Å². The first-order chi connectivity index (χ1) is 8.58. The highest BCUT2D eigenvalue weighted by molar-refractivity contribution is 5.24. The van der Waals surface area contributed by atoms with E-state index in [1.54, 1.807) is 0 Å². The van der Waals surface area contributed by atoms with E-state index < -0.39 is 0 Å². The van der Waals surface area contributed by atoms with Crippen molar-refractivity contribution in [1.82, 2.24) is 9.80 Å². The van der Waals surface area contributed by atoms with Crippen LogP contribution in [0.5, 0.6) is 0 Å². The monoisotopic (exact) mass is 250 g/mol. The lowest BCUT2D eigenvalue weighted by Crippen LogP contribution is -2.48. The maximum Gasteiger partial charge on any atom is 0.130 e. The summed E-state index contributed by atoms with van der Waals surface area (Å²) in [6.07, 6.45) is 0. The van der Waals surface area contributed by atoms with Crippen LogP contribution in [-0.4, -0.2) is 42.0 Å². The average Bonchev–Trinajstić information content (AvgIpc) is 2.36. The van der Waals surface area contributed by atoms with E-state index in [2.05, 4.69) is 23.6 Å². The molecule has 1 aromatic rings. The lowest BCUT2D eigenvalue weighted by Gasteiger charge is -2.37. The second-order valence-corrected chi connectivity index (χ2v) is 5.45. The molecule has 0 bridgehead atoms. The Bertz CT molecular complexity index is 395. The van der Waals surface area contributed by atoms with Gasteiger partial charge >= 0.3 is 0 Å². The summed E-state index contributed by atoms with van der Waals surface area (Å²) in [6, 6.07) is 6.29. The Morgan fingerprint density at radius 3 is 2.44 bits per heavy atom. The number of hydrogen-bond donors (Lipinski definition) is 0. The molecule has 1 aliphatic heterocycles. The van der Waals surface area contributed by atoms with Crippen molar-refractivity contribution in [3.05, 3.63) is 35.1 Å². The molecule has 2 nitrogen and oxygen atoms in total. The average molecular weight is 250 g/mol. The Morgan fingerprint density at radius 1 is 1.17 bits per heavy atom. The van der Waals surface area contributed by atoms with Gasteiger partial charge in [0.2, 0.25) is 0 Å². The molecule has 100 valence electrons. The molecule has 0 saturated carbocycles. The van der Waals surface area contributed by atoms with Gasteiger partial charge in [-0.3, -0.25) is 9.80 Å². The second kappa shape index (κ2) is 5.81. The minimum atomic E-state index is -0.0382. The van der Waals surface area contributed by atoms with E-state index in [1.165, 1.54) is 0 Å². The number of piperazine rings is 1. The van der Waals surface area contributed by atoms with Gasteiger partial charge in [0.1, 0.15) is 5.82 Å². The van der Waals surface area contributed by atoms with E-state index >= 15 is 0 Å². The Balaban J connectivity index is 1.94. The van der Waals surface area contributed by atoms with Crippen LogP contribution in [0.25, 0.3) is 0 Å². The molecule has 1 saturated heterocycles. The fraction of sp³-hybridized carbons (Fsp3) is 0.600.